The molecule has 0 saturated carbocycles. The molecule has 0 saturated heterocycles. The lowest BCUT2D eigenvalue weighted by Crippen LogP contribution is -1.99. The number of thiophene rings is 1. The van der Waals surface area contributed by atoms with Crippen molar-refractivity contribution in [2.24, 2.45) is 0 Å². The van der Waals surface area contributed by atoms with Crippen molar-refractivity contribution in [3.05, 3.63) is 55.1 Å². The van der Waals surface area contributed by atoms with Gasteiger partial charge in [-0.25, -0.2) is 0 Å². The molecule has 0 bridgehead atoms. The first-order chi connectivity index (χ1) is 7.59. The van der Waals surface area contributed by atoms with E-state index in [1.807, 2.05) is 30.5 Å². The van der Waals surface area contributed by atoms with E-state index in [9.17, 15) is 5.11 Å². The van der Waals surface area contributed by atoms with Gasteiger partial charge in [-0.1, -0.05) is 33.6 Å². The molecule has 2 aromatic rings. The average molecular weight is 318 g/mol. The third-order valence-electron chi connectivity index (χ3n) is 2.41. The number of aryl methyl sites for hydroxylation is 1. The highest BCUT2D eigenvalue weighted by Gasteiger charge is 2.17. The fraction of sp³-hybridized carbons (Fsp3) is 0.167. The van der Waals surface area contributed by atoms with E-state index < -0.39 is 6.10 Å². The van der Waals surface area contributed by atoms with E-state index in [1.54, 1.807) is 17.4 Å². The second-order valence-electron chi connectivity index (χ2n) is 3.54. The minimum absolute atomic E-state index is 0.578. The lowest BCUT2D eigenvalue weighted by Gasteiger charge is -2.12. The lowest BCUT2D eigenvalue weighted by atomic mass is 10.1. The van der Waals surface area contributed by atoms with Crippen LogP contribution in [-0.2, 0) is 0 Å². The Labute approximate surface area is 112 Å². The molecule has 0 aliphatic rings. The van der Waals surface area contributed by atoms with Gasteiger partial charge in [-0.3, -0.25) is 0 Å². The Morgan fingerprint density at radius 1 is 1.38 bits per heavy atom. The normalized spacial score (nSPS) is 12.8. The Balaban J connectivity index is 2.41. The van der Waals surface area contributed by atoms with Crippen molar-refractivity contribution in [3.8, 4) is 0 Å². The molecule has 0 amide bonds. The van der Waals surface area contributed by atoms with E-state index in [1.165, 1.54) is 0 Å². The van der Waals surface area contributed by atoms with Crippen molar-refractivity contribution in [3.63, 3.8) is 0 Å². The Kier molecular flexibility index (Phi) is 3.70. The van der Waals surface area contributed by atoms with Crippen molar-refractivity contribution in [2.45, 2.75) is 13.0 Å². The number of aliphatic hydroxyl groups excluding tert-OH is 1. The first-order valence-corrected chi connectivity index (χ1v) is 6.81. The van der Waals surface area contributed by atoms with Gasteiger partial charge in [-0.05, 0) is 36.1 Å². The number of aliphatic hydroxyl groups is 1. The van der Waals surface area contributed by atoms with Crippen LogP contribution in [0.4, 0.5) is 0 Å². The van der Waals surface area contributed by atoms with Crippen LogP contribution in [0.3, 0.4) is 0 Å². The van der Waals surface area contributed by atoms with Crippen LogP contribution in [0.25, 0.3) is 0 Å². The highest BCUT2D eigenvalue weighted by Crippen LogP contribution is 2.34. The summed E-state index contributed by atoms with van der Waals surface area (Å²) in [6.07, 6.45) is -0.638. The van der Waals surface area contributed by atoms with Gasteiger partial charge in [0.05, 0.1) is 0 Å². The maximum absolute atomic E-state index is 10.2. The second kappa shape index (κ2) is 4.88. The molecule has 0 radical (unpaired) electrons. The molecule has 84 valence electrons. The summed E-state index contributed by atoms with van der Waals surface area (Å²) in [5, 5.41) is 12.8. The van der Waals surface area contributed by atoms with Crippen LogP contribution in [0.1, 0.15) is 22.1 Å². The Hall–Kier alpha value is -0.350. The van der Waals surface area contributed by atoms with E-state index in [4.69, 9.17) is 11.6 Å². The predicted molar refractivity (Wildman–Crippen MR) is 72.3 cm³/mol. The van der Waals surface area contributed by atoms with Crippen molar-refractivity contribution >= 4 is 38.9 Å². The van der Waals surface area contributed by atoms with E-state index in [0.29, 0.717) is 5.02 Å². The third kappa shape index (κ3) is 2.33. The van der Waals surface area contributed by atoms with Crippen molar-refractivity contribution in [1.29, 1.82) is 0 Å². The molecule has 1 aromatic carbocycles. The van der Waals surface area contributed by atoms with Gasteiger partial charge in [-0.2, -0.15) is 0 Å². The molecule has 1 heterocycles. The summed E-state index contributed by atoms with van der Waals surface area (Å²) in [6.45, 7) is 1.99. The average Bonchev–Trinajstić information content (AvgIpc) is 2.63. The van der Waals surface area contributed by atoms with Crippen molar-refractivity contribution < 1.29 is 5.11 Å². The fourth-order valence-corrected chi connectivity index (χ4v) is 3.23. The van der Waals surface area contributed by atoms with E-state index in [-0.39, 0.29) is 0 Å². The topological polar surface area (TPSA) is 20.2 Å². The molecule has 1 N–H and O–H groups in total. The minimum atomic E-state index is -0.638. The smallest absolute Gasteiger partial charge is 0.115 e. The zero-order chi connectivity index (χ0) is 11.7. The fourth-order valence-electron chi connectivity index (χ4n) is 1.53. The molecule has 1 unspecified atom stereocenters. The second-order valence-corrected chi connectivity index (χ2v) is 5.81. The monoisotopic (exact) mass is 316 g/mol. The van der Waals surface area contributed by atoms with Crippen LogP contribution in [0.15, 0.2) is 34.1 Å². The number of rotatable bonds is 2. The first-order valence-electron chi connectivity index (χ1n) is 4.76. The van der Waals surface area contributed by atoms with E-state index in [2.05, 4.69) is 15.9 Å². The largest absolute Gasteiger partial charge is 0.383 e. The summed E-state index contributed by atoms with van der Waals surface area (Å²) in [4.78, 5) is 0.948. The van der Waals surface area contributed by atoms with Gasteiger partial charge >= 0.3 is 0 Å². The number of hydrogen-bond acceptors (Lipinski definition) is 2. The molecule has 0 aliphatic heterocycles. The lowest BCUT2D eigenvalue weighted by molar-refractivity contribution is 0.223. The van der Waals surface area contributed by atoms with Crippen molar-refractivity contribution in [1.82, 2.24) is 0 Å². The van der Waals surface area contributed by atoms with Gasteiger partial charge < -0.3 is 5.11 Å². The molecule has 4 heteroatoms. The number of hydrogen-bond donors (Lipinski definition) is 1. The maximum Gasteiger partial charge on any atom is 0.115 e. The summed E-state index contributed by atoms with van der Waals surface area (Å²) >= 11 is 11.0. The molecule has 2 rings (SSSR count). The van der Waals surface area contributed by atoms with Crippen molar-refractivity contribution in [2.75, 3.05) is 0 Å². The van der Waals surface area contributed by atoms with Gasteiger partial charge in [0, 0.05) is 19.9 Å². The van der Waals surface area contributed by atoms with Crippen LogP contribution >= 0.6 is 38.9 Å². The predicted octanol–water partition coefficient (Wildman–Crippen LogP) is 4.55. The standard InChI is InChI=1S/C12H10BrClOS/c1-7-4-5-16-12(7)11(15)9-3-2-8(13)6-10(9)14/h2-6,11,15H,1H3. The zero-order valence-corrected chi connectivity index (χ0v) is 11.7. The Morgan fingerprint density at radius 3 is 2.69 bits per heavy atom. The van der Waals surface area contributed by atoms with Crippen LogP contribution < -0.4 is 0 Å². The molecule has 0 spiro atoms. The Morgan fingerprint density at radius 2 is 2.12 bits per heavy atom. The van der Waals surface area contributed by atoms with Crippen LogP contribution in [0.2, 0.25) is 5.02 Å². The number of benzene rings is 1. The molecule has 0 fully saturated rings. The van der Waals surface area contributed by atoms with Gasteiger partial charge in [0.1, 0.15) is 6.10 Å². The highest BCUT2D eigenvalue weighted by molar-refractivity contribution is 9.10. The van der Waals surface area contributed by atoms with Gasteiger partial charge in [-0.15, -0.1) is 11.3 Å². The first kappa shape index (κ1) is 12.1. The molecule has 1 atom stereocenters. The Bertz CT molecular complexity index is 509. The summed E-state index contributed by atoms with van der Waals surface area (Å²) in [6, 6.07) is 7.52. The quantitative estimate of drug-likeness (QED) is 0.861. The molecular formula is C12H10BrClOS. The van der Waals surface area contributed by atoms with Gasteiger partial charge in [0.25, 0.3) is 0 Å². The third-order valence-corrected chi connectivity index (χ3v) is 4.30. The summed E-state index contributed by atoms with van der Waals surface area (Å²) in [5.41, 5.74) is 1.84. The number of halogens is 2. The molecular weight excluding hydrogens is 308 g/mol. The molecule has 1 nitrogen and oxygen atoms in total. The van der Waals surface area contributed by atoms with E-state index in [0.717, 1.165) is 20.5 Å². The molecule has 0 aliphatic carbocycles. The SMILES string of the molecule is Cc1ccsc1C(O)c1ccc(Br)cc1Cl. The summed E-state index contributed by atoms with van der Waals surface area (Å²) in [5.74, 6) is 0. The van der Waals surface area contributed by atoms with Crippen LogP contribution in [0.5, 0.6) is 0 Å². The zero-order valence-electron chi connectivity index (χ0n) is 8.58. The van der Waals surface area contributed by atoms with Crippen LogP contribution in [-0.4, -0.2) is 5.11 Å². The summed E-state index contributed by atoms with van der Waals surface area (Å²) in [7, 11) is 0. The maximum atomic E-state index is 10.2. The van der Waals surface area contributed by atoms with Gasteiger partial charge in [0.2, 0.25) is 0 Å². The minimum Gasteiger partial charge on any atom is -0.383 e. The van der Waals surface area contributed by atoms with E-state index >= 15 is 0 Å². The highest BCUT2D eigenvalue weighted by atomic mass is 79.9. The molecule has 16 heavy (non-hydrogen) atoms. The summed E-state index contributed by atoms with van der Waals surface area (Å²) < 4.78 is 0.913. The van der Waals surface area contributed by atoms with Crippen LogP contribution in [0, 0.1) is 6.92 Å². The van der Waals surface area contributed by atoms with Gasteiger partial charge in [0.15, 0.2) is 0 Å². The molecule has 1 aromatic heterocycles.